The molecule has 0 bridgehead atoms. The molecule has 0 radical (unpaired) electrons. The molecule has 0 saturated carbocycles. The minimum Gasteiger partial charge on any atom is -0.438 e. The smallest absolute Gasteiger partial charge is 0.261 e. The number of hydrogen-bond acceptors (Lipinski definition) is 4. The maximum atomic E-state index is 12.8. The van der Waals surface area contributed by atoms with Gasteiger partial charge >= 0.3 is 0 Å². The van der Waals surface area contributed by atoms with E-state index in [0.29, 0.717) is 11.4 Å². The molecule has 0 saturated heterocycles. The fourth-order valence-corrected chi connectivity index (χ4v) is 3.65. The van der Waals surface area contributed by atoms with E-state index in [-0.39, 0.29) is 5.56 Å². The summed E-state index contributed by atoms with van der Waals surface area (Å²) >= 11 is 1.62. The maximum Gasteiger partial charge on any atom is 0.261 e. The molecule has 0 unspecified atom stereocenters. The Morgan fingerprint density at radius 1 is 1.30 bits per heavy atom. The maximum absolute atomic E-state index is 12.8. The summed E-state index contributed by atoms with van der Waals surface area (Å²) in [6, 6.07) is 7.84. The molecule has 0 N–H and O–H groups in total. The second-order valence-corrected chi connectivity index (χ2v) is 6.87. The number of benzene rings is 1. The molecule has 122 valence electrons. The van der Waals surface area contributed by atoms with Crippen molar-refractivity contribution in [2.45, 2.75) is 51.2 Å². The number of aryl methyl sites for hydroxylation is 1. The molecule has 3 rings (SSSR count). The third-order valence-electron chi connectivity index (χ3n) is 4.07. The highest BCUT2D eigenvalue weighted by Gasteiger charge is 2.22. The summed E-state index contributed by atoms with van der Waals surface area (Å²) in [7, 11) is 0. The van der Waals surface area contributed by atoms with Crippen molar-refractivity contribution in [3.8, 4) is 11.6 Å². The monoisotopic (exact) mass is 330 g/mol. The van der Waals surface area contributed by atoms with E-state index in [2.05, 4.69) is 11.9 Å². The summed E-state index contributed by atoms with van der Waals surface area (Å²) in [5, 5.41) is 0.776. The lowest BCUT2D eigenvalue weighted by Crippen LogP contribution is -2.25. The van der Waals surface area contributed by atoms with Gasteiger partial charge in [0.25, 0.3) is 5.56 Å². The van der Waals surface area contributed by atoms with Crippen LogP contribution in [0.5, 0.6) is 11.6 Å². The molecule has 4 nitrogen and oxygen atoms in total. The third-order valence-corrected chi connectivity index (χ3v) is 5.02. The van der Waals surface area contributed by atoms with E-state index in [1.807, 2.05) is 31.2 Å². The van der Waals surface area contributed by atoms with Crippen molar-refractivity contribution in [1.29, 1.82) is 0 Å². The predicted molar refractivity (Wildman–Crippen MR) is 93.7 cm³/mol. The number of unbranched alkanes of at least 4 members (excludes halogenated alkanes) is 2. The molecule has 1 aliphatic heterocycles. The van der Waals surface area contributed by atoms with E-state index < -0.39 is 0 Å². The second kappa shape index (κ2) is 7.21. The molecule has 1 aromatic carbocycles. The zero-order valence-corrected chi connectivity index (χ0v) is 14.5. The lowest BCUT2D eigenvalue weighted by Gasteiger charge is -2.13. The number of thioether (sulfide) groups is 1. The Morgan fingerprint density at radius 2 is 2.13 bits per heavy atom. The molecule has 1 aromatic heterocycles. The van der Waals surface area contributed by atoms with Gasteiger partial charge in [-0.2, -0.15) is 4.98 Å². The molecule has 2 heterocycles. The fourth-order valence-electron chi connectivity index (χ4n) is 2.72. The molecular formula is C18H22N2O2S. The van der Waals surface area contributed by atoms with Crippen molar-refractivity contribution in [1.82, 2.24) is 9.55 Å². The Bertz CT molecular complexity index is 755. The van der Waals surface area contributed by atoms with E-state index in [9.17, 15) is 4.79 Å². The van der Waals surface area contributed by atoms with Crippen LogP contribution in [0.15, 0.2) is 34.2 Å². The van der Waals surface area contributed by atoms with E-state index in [0.717, 1.165) is 54.5 Å². The minimum atomic E-state index is 0.0692. The summed E-state index contributed by atoms with van der Waals surface area (Å²) in [4.78, 5) is 17.4. The number of para-hydroxylation sites is 1. The Hall–Kier alpha value is -1.75. The summed E-state index contributed by atoms with van der Waals surface area (Å²) in [6.07, 6.45) is 3.96. The highest BCUT2D eigenvalue weighted by molar-refractivity contribution is 7.99. The quantitative estimate of drug-likeness (QED) is 0.589. The predicted octanol–water partition coefficient (Wildman–Crippen LogP) is 4.18. The van der Waals surface area contributed by atoms with Gasteiger partial charge in [-0.15, -0.1) is 0 Å². The van der Waals surface area contributed by atoms with Gasteiger partial charge in [0, 0.05) is 12.3 Å². The lowest BCUT2D eigenvalue weighted by atomic mass is 10.1. The van der Waals surface area contributed by atoms with Gasteiger partial charge in [0.05, 0.1) is 5.56 Å². The van der Waals surface area contributed by atoms with E-state index >= 15 is 0 Å². The van der Waals surface area contributed by atoms with Crippen LogP contribution in [0.2, 0.25) is 0 Å². The molecule has 0 amide bonds. The van der Waals surface area contributed by atoms with Gasteiger partial charge in [-0.3, -0.25) is 9.36 Å². The highest BCUT2D eigenvalue weighted by atomic mass is 32.2. The molecule has 0 spiro atoms. The fraction of sp³-hybridized carbons (Fsp3) is 0.444. The first-order valence-corrected chi connectivity index (χ1v) is 9.19. The van der Waals surface area contributed by atoms with E-state index in [1.165, 1.54) is 0 Å². The van der Waals surface area contributed by atoms with Crippen LogP contribution in [0, 0.1) is 6.92 Å². The number of ether oxygens (including phenoxy) is 1. The molecule has 23 heavy (non-hydrogen) atoms. The van der Waals surface area contributed by atoms with Crippen LogP contribution >= 0.6 is 11.8 Å². The van der Waals surface area contributed by atoms with Gasteiger partial charge in [-0.05, 0) is 31.4 Å². The largest absolute Gasteiger partial charge is 0.438 e. The van der Waals surface area contributed by atoms with Crippen LogP contribution in [-0.2, 0) is 13.0 Å². The van der Waals surface area contributed by atoms with Crippen LogP contribution in [0.1, 0.15) is 37.3 Å². The number of fused-ring (bicyclic) bond motifs is 1. The molecule has 5 heteroatoms. The van der Waals surface area contributed by atoms with Gasteiger partial charge in [0.1, 0.15) is 5.75 Å². The lowest BCUT2D eigenvalue weighted by molar-refractivity contribution is 0.433. The van der Waals surface area contributed by atoms with Crippen molar-refractivity contribution < 1.29 is 4.74 Å². The first-order chi connectivity index (χ1) is 11.2. The van der Waals surface area contributed by atoms with Crippen molar-refractivity contribution in [2.75, 3.05) is 5.75 Å². The average Bonchev–Trinajstić information content (AvgIpc) is 3.01. The first kappa shape index (κ1) is 16.1. The number of aromatic nitrogens is 2. The van der Waals surface area contributed by atoms with Gasteiger partial charge < -0.3 is 4.74 Å². The normalized spacial score (nSPS) is 13.1. The Kier molecular flexibility index (Phi) is 5.06. The van der Waals surface area contributed by atoms with Crippen molar-refractivity contribution in [3.05, 3.63) is 45.7 Å². The van der Waals surface area contributed by atoms with Crippen LogP contribution < -0.4 is 10.3 Å². The van der Waals surface area contributed by atoms with Gasteiger partial charge in [-0.1, -0.05) is 49.7 Å². The topological polar surface area (TPSA) is 44.1 Å². The summed E-state index contributed by atoms with van der Waals surface area (Å²) in [5.41, 5.74) is 1.83. The molecule has 0 aliphatic carbocycles. The van der Waals surface area contributed by atoms with Crippen LogP contribution in [-0.4, -0.2) is 15.3 Å². The Balaban J connectivity index is 1.98. The standard InChI is InChI=1S/C18H22N2O2S/c1-3-4-5-9-14-16(22-15-10-7-6-8-13(15)2)19-18-20(17(14)21)11-12-23-18/h6-8,10H,3-5,9,11-12H2,1-2H3. The number of nitrogens with zero attached hydrogens (tertiary/aromatic N) is 2. The SMILES string of the molecule is CCCCCc1c(Oc2ccccc2C)nc2n(c1=O)CCS2. The van der Waals surface area contributed by atoms with Crippen molar-refractivity contribution in [2.24, 2.45) is 0 Å². The van der Waals surface area contributed by atoms with Gasteiger partial charge in [0.15, 0.2) is 5.16 Å². The van der Waals surface area contributed by atoms with Crippen molar-refractivity contribution >= 4 is 11.8 Å². The third kappa shape index (κ3) is 3.44. The molecule has 0 atom stereocenters. The minimum absolute atomic E-state index is 0.0692. The van der Waals surface area contributed by atoms with Crippen LogP contribution in [0.3, 0.4) is 0 Å². The zero-order valence-electron chi connectivity index (χ0n) is 13.7. The molecular weight excluding hydrogens is 308 g/mol. The summed E-state index contributed by atoms with van der Waals surface area (Å²) < 4.78 is 7.83. The molecule has 2 aromatic rings. The van der Waals surface area contributed by atoms with Gasteiger partial charge in [-0.25, -0.2) is 0 Å². The van der Waals surface area contributed by atoms with E-state index in [4.69, 9.17) is 4.74 Å². The number of rotatable bonds is 6. The van der Waals surface area contributed by atoms with Crippen molar-refractivity contribution in [3.63, 3.8) is 0 Å². The second-order valence-electron chi connectivity index (χ2n) is 5.81. The van der Waals surface area contributed by atoms with Crippen LogP contribution in [0.25, 0.3) is 0 Å². The molecule has 1 aliphatic rings. The Labute approximate surface area is 140 Å². The van der Waals surface area contributed by atoms with Gasteiger partial charge in [0.2, 0.25) is 5.88 Å². The summed E-state index contributed by atoms with van der Waals surface area (Å²) in [6.45, 7) is 4.91. The van der Waals surface area contributed by atoms with Crippen LogP contribution in [0.4, 0.5) is 0 Å². The van der Waals surface area contributed by atoms with E-state index in [1.54, 1.807) is 16.3 Å². The number of hydrogen-bond donors (Lipinski definition) is 0. The zero-order chi connectivity index (χ0) is 16.2. The Morgan fingerprint density at radius 3 is 2.91 bits per heavy atom. The first-order valence-electron chi connectivity index (χ1n) is 8.20. The average molecular weight is 330 g/mol. The highest BCUT2D eigenvalue weighted by Crippen LogP contribution is 2.30. The summed E-state index contributed by atoms with van der Waals surface area (Å²) in [5.74, 6) is 2.16. The molecule has 0 fully saturated rings.